The molecule has 1 aliphatic rings. The van der Waals surface area contributed by atoms with Crippen LogP contribution in [0.4, 0.5) is 5.82 Å². The van der Waals surface area contributed by atoms with Crippen LogP contribution in [0.15, 0.2) is 17.7 Å². The molecule has 104 valence electrons. The predicted octanol–water partition coefficient (Wildman–Crippen LogP) is 0.387. The first-order valence-corrected chi connectivity index (χ1v) is 6.43. The highest BCUT2D eigenvalue weighted by Crippen LogP contribution is 2.22. The van der Waals surface area contributed by atoms with E-state index in [2.05, 4.69) is 24.9 Å². The standard InChI is InChI=1S/C11H17ClN6O/c1-8(10(13)16-19)17-2-4-18(5-3-17)11-9(12)6-14-7-15-11/h6-8,19H,2-5H2,1H3,(H2,13,16). The number of oxime groups is 1. The van der Waals surface area contributed by atoms with E-state index in [-0.39, 0.29) is 11.9 Å². The van der Waals surface area contributed by atoms with Crippen LogP contribution < -0.4 is 10.6 Å². The number of nitrogens with zero attached hydrogens (tertiary/aromatic N) is 5. The van der Waals surface area contributed by atoms with Crippen LogP contribution in [0.5, 0.6) is 0 Å². The third-order valence-corrected chi connectivity index (χ3v) is 3.62. The monoisotopic (exact) mass is 284 g/mol. The Hall–Kier alpha value is -1.60. The zero-order valence-corrected chi connectivity index (χ0v) is 11.5. The molecule has 0 saturated carbocycles. The molecule has 0 aliphatic carbocycles. The van der Waals surface area contributed by atoms with E-state index in [1.165, 1.54) is 6.33 Å². The molecule has 3 N–H and O–H groups in total. The van der Waals surface area contributed by atoms with Crippen molar-refractivity contribution in [3.63, 3.8) is 0 Å². The highest BCUT2D eigenvalue weighted by molar-refractivity contribution is 6.32. The summed E-state index contributed by atoms with van der Waals surface area (Å²) in [5, 5.41) is 12.3. The molecular formula is C11H17ClN6O. The van der Waals surface area contributed by atoms with Crippen LogP contribution in [0.2, 0.25) is 5.02 Å². The van der Waals surface area contributed by atoms with Gasteiger partial charge >= 0.3 is 0 Å². The second-order valence-corrected chi connectivity index (χ2v) is 4.83. The van der Waals surface area contributed by atoms with Crippen molar-refractivity contribution in [3.8, 4) is 0 Å². The van der Waals surface area contributed by atoms with E-state index >= 15 is 0 Å². The van der Waals surface area contributed by atoms with Gasteiger partial charge in [-0.05, 0) is 6.92 Å². The molecule has 2 heterocycles. The fourth-order valence-corrected chi connectivity index (χ4v) is 2.36. The van der Waals surface area contributed by atoms with E-state index in [1.807, 2.05) is 6.92 Å². The molecule has 0 spiro atoms. The van der Waals surface area contributed by atoms with Gasteiger partial charge < -0.3 is 15.8 Å². The van der Waals surface area contributed by atoms with E-state index in [4.69, 9.17) is 22.5 Å². The number of nitrogens with two attached hydrogens (primary N) is 1. The summed E-state index contributed by atoms with van der Waals surface area (Å²) >= 11 is 6.08. The van der Waals surface area contributed by atoms with E-state index in [0.29, 0.717) is 5.02 Å². The zero-order chi connectivity index (χ0) is 13.8. The van der Waals surface area contributed by atoms with Crippen LogP contribution in [0, 0.1) is 0 Å². The third kappa shape index (κ3) is 3.05. The van der Waals surface area contributed by atoms with Crippen molar-refractivity contribution in [3.05, 3.63) is 17.5 Å². The number of rotatable bonds is 3. The fourth-order valence-electron chi connectivity index (χ4n) is 2.13. The van der Waals surface area contributed by atoms with Crippen LogP contribution in [-0.4, -0.2) is 58.1 Å². The molecule has 8 heteroatoms. The Morgan fingerprint density at radius 3 is 2.74 bits per heavy atom. The van der Waals surface area contributed by atoms with Gasteiger partial charge in [-0.1, -0.05) is 16.8 Å². The lowest BCUT2D eigenvalue weighted by Crippen LogP contribution is -2.53. The number of hydrogen-bond acceptors (Lipinski definition) is 6. The maximum atomic E-state index is 8.69. The molecular weight excluding hydrogens is 268 g/mol. The normalized spacial score (nSPS) is 19.5. The van der Waals surface area contributed by atoms with Crippen LogP contribution in [-0.2, 0) is 0 Å². The average molecular weight is 285 g/mol. The molecule has 1 fully saturated rings. The second kappa shape index (κ2) is 6.03. The molecule has 1 aliphatic heterocycles. The van der Waals surface area contributed by atoms with E-state index in [0.717, 1.165) is 32.0 Å². The minimum Gasteiger partial charge on any atom is -0.409 e. The van der Waals surface area contributed by atoms with Gasteiger partial charge in [0.2, 0.25) is 0 Å². The van der Waals surface area contributed by atoms with E-state index < -0.39 is 0 Å². The van der Waals surface area contributed by atoms with Crippen molar-refractivity contribution in [1.82, 2.24) is 14.9 Å². The smallest absolute Gasteiger partial charge is 0.156 e. The van der Waals surface area contributed by atoms with Crippen molar-refractivity contribution < 1.29 is 5.21 Å². The number of piperazine rings is 1. The van der Waals surface area contributed by atoms with Gasteiger partial charge in [0, 0.05) is 26.2 Å². The third-order valence-electron chi connectivity index (χ3n) is 3.35. The number of amidine groups is 1. The van der Waals surface area contributed by atoms with Crippen molar-refractivity contribution in [2.45, 2.75) is 13.0 Å². The Morgan fingerprint density at radius 1 is 1.47 bits per heavy atom. The Bertz CT molecular complexity index is 460. The molecule has 19 heavy (non-hydrogen) atoms. The largest absolute Gasteiger partial charge is 0.409 e. The quantitative estimate of drug-likeness (QED) is 0.361. The topological polar surface area (TPSA) is 90.9 Å². The first kappa shape index (κ1) is 13.8. The Morgan fingerprint density at radius 2 is 2.16 bits per heavy atom. The van der Waals surface area contributed by atoms with Gasteiger partial charge in [-0.2, -0.15) is 0 Å². The molecule has 7 nitrogen and oxygen atoms in total. The van der Waals surface area contributed by atoms with Crippen molar-refractivity contribution in [1.29, 1.82) is 0 Å². The summed E-state index contributed by atoms with van der Waals surface area (Å²) < 4.78 is 0. The van der Waals surface area contributed by atoms with Crippen LogP contribution in [0.25, 0.3) is 0 Å². The van der Waals surface area contributed by atoms with Crippen LogP contribution in [0.3, 0.4) is 0 Å². The molecule has 1 unspecified atom stereocenters. The molecule has 1 aromatic rings. The Labute approximate surface area is 116 Å². The van der Waals surface area contributed by atoms with Crippen molar-refractivity contribution in [2.24, 2.45) is 10.9 Å². The van der Waals surface area contributed by atoms with Gasteiger partial charge in [-0.3, -0.25) is 4.90 Å². The molecule has 2 rings (SSSR count). The van der Waals surface area contributed by atoms with E-state index in [9.17, 15) is 0 Å². The summed E-state index contributed by atoms with van der Waals surface area (Å²) in [5.41, 5.74) is 5.62. The average Bonchev–Trinajstić information content (AvgIpc) is 2.46. The first-order chi connectivity index (χ1) is 9.13. The predicted molar refractivity (Wildman–Crippen MR) is 73.7 cm³/mol. The lowest BCUT2D eigenvalue weighted by Gasteiger charge is -2.38. The van der Waals surface area contributed by atoms with Gasteiger partial charge in [0.25, 0.3) is 0 Å². The summed E-state index contributed by atoms with van der Waals surface area (Å²) in [5.74, 6) is 0.987. The fraction of sp³-hybridized carbons (Fsp3) is 0.545. The van der Waals surface area contributed by atoms with Crippen molar-refractivity contribution in [2.75, 3.05) is 31.1 Å². The van der Waals surface area contributed by atoms with Gasteiger partial charge in [0.15, 0.2) is 11.7 Å². The van der Waals surface area contributed by atoms with Gasteiger partial charge in [0.05, 0.1) is 12.2 Å². The second-order valence-electron chi connectivity index (χ2n) is 4.42. The Kier molecular flexibility index (Phi) is 4.39. The zero-order valence-electron chi connectivity index (χ0n) is 10.7. The van der Waals surface area contributed by atoms with Crippen LogP contribution in [0.1, 0.15) is 6.92 Å². The lowest BCUT2D eigenvalue weighted by molar-refractivity contribution is 0.230. The first-order valence-electron chi connectivity index (χ1n) is 6.05. The summed E-state index contributed by atoms with van der Waals surface area (Å²) in [6.07, 6.45) is 3.09. The Balaban J connectivity index is 1.98. The summed E-state index contributed by atoms with van der Waals surface area (Å²) in [4.78, 5) is 12.3. The lowest BCUT2D eigenvalue weighted by atomic mass is 10.2. The van der Waals surface area contributed by atoms with Gasteiger partial charge in [-0.25, -0.2) is 9.97 Å². The number of halogens is 1. The van der Waals surface area contributed by atoms with Gasteiger partial charge in [0.1, 0.15) is 11.3 Å². The summed E-state index contributed by atoms with van der Waals surface area (Å²) in [6, 6.07) is -0.0759. The SMILES string of the molecule is CC(C(N)=NO)N1CCN(c2ncncc2Cl)CC1. The van der Waals surface area contributed by atoms with E-state index in [1.54, 1.807) is 6.20 Å². The molecule has 1 aromatic heterocycles. The minimum absolute atomic E-state index is 0.0759. The van der Waals surface area contributed by atoms with Gasteiger partial charge in [-0.15, -0.1) is 0 Å². The number of aromatic nitrogens is 2. The molecule has 0 bridgehead atoms. The molecule has 1 saturated heterocycles. The molecule has 0 amide bonds. The highest BCUT2D eigenvalue weighted by atomic mass is 35.5. The summed E-state index contributed by atoms with van der Waals surface area (Å²) in [7, 11) is 0. The van der Waals surface area contributed by atoms with Crippen molar-refractivity contribution >= 4 is 23.3 Å². The maximum absolute atomic E-state index is 8.69. The summed E-state index contributed by atoms with van der Waals surface area (Å²) in [6.45, 7) is 5.11. The molecule has 1 atom stereocenters. The molecule has 0 radical (unpaired) electrons. The number of anilines is 1. The minimum atomic E-state index is -0.0759. The highest BCUT2D eigenvalue weighted by Gasteiger charge is 2.24. The number of hydrogen-bond donors (Lipinski definition) is 2. The molecule has 0 aromatic carbocycles. The maximum Gasteiger partial charge on any atom is 0.156 e. The van der Waals surface area contributed by atoms with Crippen LogP contribution >= 0.6 is 11.6 Å².